The van der Waals surface area contributed by atoms with E-state index >= 15 is 0 Å². The van der Waals surface area contributed by atoms with Gasteiger partial charge in [0.15, 0.2) is 0 Å². The number of halogens is 1. The number of benzene rings is 1. The molecule has 0 spiro atoms. The Hall–Kier alpha value is -1.61. The van der Waals surface area contributed by atoms with Crippen molar-refractivity contribution in [2.24, 2.45) is 0 Å². The number of rotatable bonds is 6. The Morgan fingerprint density at radius 3 is 2.56 bits per heavy atom. The van der Waals surface area contributed by atoms with Crippen LogP contribution in [0.5, 0.6) is 5.88 Å². The second-order valence-electron chi connectivity index (χ2n) is 3.92. The zero-order chi connectivity index (χ0) is 12.6. The van der Waals surface area contributed by atoms with Gasteiger partial charge in [0.25, 0.3) is 0 Å². The van der Waals surface area contributed by atoms with Crippen molar-refractivity contribution in [3.05, 3.63) is 54.0 Å². The minimum atomic E-state index is 0.376. The third-order valence-electron chi connectivity index (χ3n) is 2.52. The summed E-state index contributed by atoms with van der Waals surface area (Å²) < 4.78 is 5.51. The highest BCUT2D eigenvalue weighted by Gasteiger charge is 1.98. The molecule has 0 aliphatic heterocycles. The van der Waals surface area contributed by atoms with E-state index in [0.29, 0.717) is 18.4 Å². The molecule has 2 aromatic rings. The Bertz CT molecular complexity index is 459. The van der Waals surface area contributed by atoms with Crippen LogP contribution in [0.15, 0.2) is 42.7 Å². The van der Waals surface area contributed by atoms with Gasteiger partial charge in [-0.05, 0) is 18.4 Å². The number of aromatic nitrogens is 2. The lowest BCUT2D eigenvalue weighted by atomic mass is 10.1. The van der Waals surface area contributed by atoms with Crippen molar-refractivity contribution >= 4 is 11.6 Å². The van der Waals surface area contributed by atoms with Gasteiger partial charge >= 0.3 is 0 Å². The van der Waals surface area contributed by atoms with Gasteiger partial charge in [0.1, 0.15) is 0 Å². The van der Waals surface area contributed by atoms with Crippen LogP contribution in [0.1, 0.15) is 17.7 Å². The Balaban J connectivity index is 1.72. The second kappa shape index (κ2) is 6.97. The molecule has 0 N–H and O–H groups in total. The van der Waals surface area contributed by atoms with Gasteiger partial charge in [-0.1, -0.05) is 30.3 Å². The Morgan fingerprint density at radius 1 is 1.06 bits per heavy atom. The van der Waals surface area contributed by atoms with Gasteiger partial charge in [0, 0.05) is 0 Å². The predicted octanol–water partition coefficient (Wildman–Crippen LogP) is 3.23. The quantitative estimate of drug-likeness (QED) is 0.592. The van der Waals surface area contributed by atoms with E-state index in [9.17, 15) is 0 Å². The van der Waals surface area contributed by atoms with Crippen LogP contribution in [0, 0.1) is 0 Å². The summed E-state index contributed by atoms with van der Waals surface area (Å²) in [6.07, 6.45) is 5.22. The molecule has 18 heavy (non-hydrogen) atoms. The average molecular weight is 263 g/mol. The van der Waals surface area contributed by atoms with Crippen molar-refractivity contribution in [2.45, 2.75) is 18.7 Å². The molecule has 0 saturated carbocycles. The van der Waals surface area contributed by atoms with Crippen LogP contribution in [0.3, 0.4) is 0 Å². The normalized spacial score (nSPS) is 10.3. The first kappa shape index (κ1) is 12.8. The van der Waals surface area contributed by atoms with E-state index in [1.54, 1.807) is 12.4 Å². The lowest BCUT2D eigenvalue weighted by Crippen LogP contribution is -2.01. The van der Waals surface area contributed by atoms with E-state index in [0.717, 1.165) is 18.5 Å². The van der Waals surface area contributed by atoms with Gasteiger partial charge in [0.05, 0.1) is 30.6 Å². The van der Waals surface area contributed by atoms with Crippen molar-refractivity contribution in [1.82, 2.24) is 9.97 Å². The predicted molar refractivity (Wildman–Crippen MR) is 71.8 cm³/mol. The summed E-state index contributed by atoms with van der Waals surface area (Å²) in [5.41, 5.74) is 2.08. The van der Waals surface area contributed by atoms with Crippen molar-refractivity contribution in [1.29, 1.82) is 0 Å². The maximum Gasteiger partial charge on any atom is 0.232 e. The first-order chi connectivity index (χ1) is 8.88. The third kappa shape index (κ3) is 4.00. The maximum absolute atomic E-state index is 5.63. The molecule has 0 aliphatic rings. The highest BCUT2D eigenvalue weighted by Crippen LogP contribution is 2.07. The van der Waals surface area contributed by atoms with E-state index in [4.69, 9.17) is 16.3 Å². The van der Waals surface area contributed by atoms with Gasteiger partial charge in [-0.3, -0.25) is 4.98 Å². The lowest BCUT2D eigenvalue weighted by Gasteiger charge is -2.05. The van der Waals surface area contributed by atoms with Crippen molar-refractivity contribution in [3.63, 3.8) is 0 Å². The van der Waals surface area contributed by atoms with Crippen LogP contribution in [0.25, 0.3) is 0 Å². The van der Waals surface area contributed by atoms with Gasteiger partial charge in [-0.15, -0.1) is 11.6 Å². The number of ether oxygens (including phenoxy) is 1. The van der Waals surface area contributed by atoms with Crippen LogP contribution in [-0.2, 0) is 12.3 Å². The fraction of sp³-hybridized carbons (Fsp3) is 0.286. The van der Waals surface area contributed by atoms with E-state index < -0.39 is 0 Å². The summed E-state index contributed by atoms with van der Waals surface area (Å²) in [6, 6.07) is 10.4. The standard InChI is InChI=1S/C14H15ClN2O/c15-9-13-10-17-14(11-16-13)18-8-4-7-12-5-2-1-3-6-12/h1-3,5-6,10-11H,4,7-9H2. The first-order valence-corrected chi connectivity index (χ1v) is 6.45. The first-order valence-electron chi connectivity index (χ1n) is 5.92. The SMILES string of the molecule is ClCc1cnc(OCCCc2ccccc2)cn1. The van der Waals surface area contributed by atoms with Crippen LogP contribution < -0.4 is 4.74 Å². The van der Waals surface area contributed by atoms with Gasteiger partial charge in [0.2, 0.25) is 5.88 Å². The van der Waals surface area contributed by atoms with Crippen molar-refractivity contribution in [2.75, 3.05) is 6.61 Å². The molecule has 3 nitrogen and oxygen atoms in total. The minimum absolute atomic E-state index is 0.376. The molecular formula is C14H15ClN2O. The Morgan fingerprint density at radius 2 is 1.89 bits per heavy atom. The molecule has 1 aromatic heterocycles. The largest absolute Gasteiger partial charge is 0.477 e. The number of hydrogen-bond acceptors (Lipinski definition) is 3. The Labute approximate surface area is 112 Å². The fourth-order valence-electron chi connectivity index (χ4n) is 1.58. The topological polar surface area (TPSA) is 35.0 Å². The molecule has 94 valence electrons. The maximum atomic E-state index is 5.63. The zero-order valence-corrected chi connectivity index (χ0v) is 10.8. The molecule has 2 rings (SSSR count). The van der Waals surface area contributed by atoms with Gasteiger partial charge < -0.3 is 4.74 Å². The molecule has 1 heterocycles. The number of alkyl halides is 1. The average Bonchev–Trinajstić information content (AvgIpc) is 2.45. The third-order valence-corrected chi connectivity index (χ3v) is 2.79. The summed E-state index contributed by atoms with van der Waals surface area (Å²) in [4.78, 5) is 8.24. The van der Waals surface area contributed by atoms with Gasteiger partial charge in [-0.2, -0.15) is 0 Å². The molecule has 0 unspecified atom stereocenters. The van der Waals surface area contributed by atoms with Crippen LogP contribution in [-0.4, -0.2) is 16.6 Å². The Kier molecular flexibility index (Phi) is 4.97. The zero-order valence-electron chi connectivity index (χ0n) is 10.1. The molecule has 4 heteroatoms. The molecule has 0 saturated heterocycles. The number of hydrogen-bond donors (Lipinski definition) is 0. The van der Waals surface area contributed by atoms with Crippen LogP contribution in [0.4, 0.5) is 0 Å². The van der Waals surface area contributed by atoms with Crippen LogP contribution in [0.2, 0.25) is 0 Å². The molecule has 0 amide bonds. The molecule has 0 aliphatic carbocycles. The molecule has 0 atom stereocenters. The van der Waals surface area contributed by atoms with Crippen LogP contribution >= 0.6 is 11.6 Å². The fourth-order valence-corrected chi connectivity index (χ4v) is 1.72. The summed E-state index contributed by atoms with van der Waals surface area (Å²) >= 11 is 5.63. The summed E-state index contributed by atoms with van der Waals surface area (Å²) in [7, 11) is 0. The molecule has 0 radical (unpaired) electrons. The minimum Gasteiger partial charge on any atom is -0.477 e. The summed E-state index contributed by atoms with van der Waals surface area (Å²) in [5.74, 6) is 0.929. The van der Waals surface area contributed by atoms with E-state index in [2.05, 4.69) is 22.1 Å². The lowest BCUT2D eigenvalue weighted by molar-refractivity contribution is 0.297. The van der Waals surface area contributed by atoms with Gasteiger partial charge in [-0.25, -0.2) is 4.98 Å². The molecule has 0 bridgehead atoms. The highest BCUT2D eigenvalue weighted by molar-refractivity contribution is 6.16. The molecule has 0 fully saturated rings. The van der Waals surface area contributed by atoms with Crippen molar-refractivity contribution in [3.8, 4) is 5.88 Å². The number of nitrogens with zero attached hydrogens (tertiary/aromatic N) is 2. The van der Waals surface area contributed by atoms with Crippen molar-refractivity contribution < 1.29 is 4.74 Å². The monoisotopic (exact) mass is 262 g/mol. The summed E-state index contributed by atoms with van der Waals surface area (Å²) in [6.45, 7) is 0.643. The molecule has 1 aromatic carbocycles. The molecular weight excluding hydrogens is 248 g/mol. The highest BCUT2D eigenvalue weighted by atomic mass is 35.5. The second-order valence-corrected chi connectivity index (χ2v) is 4.18. The number of aryl methyl sites for hydroxylation is 1. The van der Waals surface area contributed by atoms with E-state index in [1.165, 1.54) is 5.56 Å². The van der Waals surface area contributed by atoms with E-state index in [1.807, 2.05) is 18.2 Å². The van der Waals surface area contributed by atoms with E-state index in [-0.39, 0.29) is 0 Å². The summed E-state index contributed by atoms with van der Waals surface area (Å²) in [5, 5.41) is 0. The smallest absolute Gasteiger partial charge is 0.232 e.